The van der Waals surface area contributed by atoms with Crippen molar-refractivity contribution in [2.75, 3.05) is 10.2 Å². The number of carbonyl (C=O) groups is 2. The van der Waals surface area contributed by atoms with Crippen LogP contribution in [0.25, 0.3) is 11.4 Å². The topological polar surface area (TPSA) is 138 Å². The number of carboxylic acid groups (broad SMARTS) is 1. The third-order valence-corrected chi connectivity index (χ3v) is 7.00. The van der Waals surface area contributed by atoms with Gasteiger partial charge in [0, 0.05) is 36.8 Å². The molecule has 3 heterocycles. The summed E-state index contributed by atoms with van der Waals surface area (Å²) in [6, 6.07) is 7.24. The van der Waals surface area contributed by atoms with Crippen molar-refractivity contribution >= 4 is 35.1 Å². The molecule has 0 bridgehead atoms. The molecule has 5 rings (SSSR count). The normalized spacial score (nSPS) is 19.9. The lowest BCUT2D eigenvalue weighted by atomic mass is 9.79. The van der Waals surface area contributed by atoms with E-state index in [2.05, 4.69) is 30.9 Å². The van der Waals surface area contributed by atoms with Gasteiger partial charge in [-0.15, -0.1) is 5.10 Å². The maximum atomic E-state index is 12.6. The highest BCUT2D eigenvalue weighted by molar-refractivity contribution is 6.30. The van der Waals surface area contributed by atoms with Crippen molar-refractivity contribution in [2.24, 2.45) is 13.0 Å². The van der Waals surface area contributed by atoms with Crippen molar-refractivity contribution in [1.29, 1.82) is 0 Å². The molecule has 0 saturated heterocycles. The number of anilines is 2. The molecule has 2 aliphatic carbocycles. The predicted molar refractivity (Wildman–Crippen MR) is 134 cm³/mol. The Kier molecular flexibility index (Phi) is 6.59. The highest BCUT2D eigenvalue weighted by atomic mass is 35.5. The average Bonchev–Trinajstić information content (AvgIpc) is 3.58. The Balaban J connectivity index is 1.32. The van der Waals surface area contributed by atoms with Crippen molar-refractivity contribution in [1.82, 2.24) is 30.3 Å². The highest BCUT2D eigenvalue weighted by Crippen LogP contribution is 2.36. The van der Waals surface area contributed by atoms with Crippen molar-refractivity contribution in [3.8, 4) is 11.4 Å². The van der Waals surface area contributed by atoms with Gasteiger partial charge in [0.25, 0.3) is 0 Å². The van der Waals surface area contributed by atoms with Crippen LogP contribution in [0.4, 0.5) is 16.3 Å². The number of amides is 2. The molecular weight excluding hydrogens is 484 g/mol. The summed E-state index contributed by atoms with van der Waals surface area (Å²) < 4.78 is 1.38. The molecule has 188 valence electrons. The van der Waals surface area contributed by atoms with Crippen LogP contribution in [0.5, 0.6) is 0 Å². The SMILES string of the molecule is C[C@H](c1cccnc1Cl)N(C(=O)O)c1c(-c2ccc(NC(=O)C3CC(NC4CC4)C3)cn2)nnn1C. The van der Waals surface area contributed by atoms with Crippen molar-refractivity contribution < 1.29 is 14.7 Å². The van der Waals surface area contributed by atoms with Crippen LogP contribution in [0.1, 0.15) is 44.2 Å². The summed E-state index contributed by atoms with van der Waals surface area (Å²) >= 11 is 6.24. The van der Waals surface area contributed by atoms with Gasteiger partial charge in [-0.1, -0.05) is 22.9 Å². The predicted octanol–water partition coefficient (Wildman–Crippen LogP) is 3.64. The Morgan fingerprint density at radius 1 is 1.19 bits per heavy atom. The van der Waals surface area contributed by atoms with Crippen LogP contribution in [0.3, 0.4) is 0 Å². The van der Waals surface area contributed by atoms with E-state index in [0.717, 1.165) is 17.7 Å². The first-order chi connectivity index (χ1) is 17.3. The van der Waals surface area contributed by atoms with Crippen LogP contribution < -0.4 is 15.5 Å². The molecule has 36 heavy (non-hydrogen) atoms. The highest BCUT2D eigenvalue weighted by Gasteiger charge is 2.37. The molecule has 3 aromatic rings. The Labute approximate surface area is 212 Å². The number of nitrogens with zero attached hydrogens (tertiary/aromatic N) is 6. The number of aromatic nitrogens is 5. The van der Waals surface area contributed by atoms with Gasteiger partial charge in [0.2, 0.25) is 5.91 Å². The van der Waals surface area contributed by atoms with E-state index in [1.165, 1.54) is 23.7 Å². The quantitative estimate of drug-likeness (QED) is 0.390. The molecule has 2 amide bonds. The lowest BCUT2D eigenvalue weighted by Gasteiger charge is -2.35. The van der Waals surface area contributed by atoms with Gasteiger partial charge >= 0.3 is 6.09 Å². The number of carbonyl (C=O) groups excluding carboxylic acids is 1. The molecule has 0 radical (unpaired) electrons. The third-order valence-electron chi connectivity index (χ3n) is 6.69. The second-order valence-corrected chi connectivity index (χ2v) is 9.68. The van der Waals surface area contributed by atoms with Gasteiger partial charge in [0.05, 0.1) is 23.6 Å². The number of aryl methyl sites for hydroxylation is 1. The van der Waals surface area contributed by atoms with E-state index in [0.29, 0.717) is 29.0 Å². The molecule has 12 heteroatoms. The smallest absolute Gasteiger partial charge is 0.413 e. The van der Waals surface area contributed by atoms with Crippen LogP contribution in [0.2, 0.25) is 5.15 Å². The number of hydrogen-bond acceptors (Lipinski definition) is 7. The van der Waals surface area contributed by atoms with Gasteiger partial charge in [-0.3, -0.25) is 14.7 Å². The third kappa shape index (κ3) is 4.89. The summed E-state index contributed by atoms with van der Waals surface area (Å²) in [5.41, 5.74) is 1.82. The summed E-state index contributed by atoms with van der Waals surface area (Å²) in [4.78, 5) is 34.5. The minimum atomic E-state index is -1.20. The van der Waals surface area contributed by atoms with Gasteiger partial charge in [-0.2, -0.15) is 0 Å². The standard InChI is InChI=1S/C24H27ClN8O3/c1-13(18-4-3-9-26-21(18)25)33(24(35)36)23-20(30-31-32(23)2)19-8-7-16(12-27-19)29-22(34)14-10-17(11-14)28-15-5-6-15/h3-4,7-9,12-15,17,28H,5-6,10-11H2,1-2H3,(H,29,34)(H,35,36)/t13-,14?,17?/m1/s1. The molecule has 2 fully saturated rings. The van der Waals surface area contributed by atoms with E-state index in [4.69, 9.17) is 11.6 Å². The van der Waals surface area contributed by atoms with E-state index in [-0.39, 0.29) is 28.5 Å². The van der Waals surface area contributed by atoms with Crippen molar-refractivity contribution in [3.63, 3.8) is 0 Å². The van der Waals surface area contributed by atoms with Gasteiger partial charge < -0.3 is 15.7 Å². The molecule has 0 spiro atoms. The number of nitrogens with one attached hydrogen (secondary N) is 2. The van der Waals surface area contributed by atoms with E-state index < -0.39 is 12.1 Å². The molecule has 1 atom stereocenters. The Bertz CT molecular complexity index is 1270. The summed E-state index contributed by atoms with van der Waals surface area (Å²) in [5.74, 6) is 0.220. The number of hydrogen-bond donors (Lipinski definition) is 3. The monoisotopic (exact) mass is 510 g/mol. The maximum absolute atomic E-state index is 12.6. The summed E-state index contributed by atoms with van der Waals surface area (Å²) in [7, 11) is 1.61. The number of rotatable bonds is 8. The van der Waals surface area contributed by atoms with Crippen LogP contribution in [0, 0.1) is 5.92 Å². The van der Waals surface area contributed by atoms with Crippen molar-refractivity contribution in [2.45, 2.75) is 50.7 Å². The van der Waals surface area contributed by atoms with Crippen LogP contribution in [0.15, 0.2) is 36.7 Å². The largest absolute Gasteiger partial charge is 0.465 e. The molecule has 2 aliphatic rings. The lowest BCUT2D eigenvalue weighted by molar-refractivity contribution is -0.122. The van der Waals surface area contributed by atoms with Crippen LogP contribution >= 0.6 is 11.6 Å². The molecule has 2 saturated carbocycles. The fourth-order valence-corrected chi connectivity index (χ4v) is 4.76. The Hall–Kier alpha value is -3.57. The fraction of sp³-hybridized carbons (Fsp3) is 0.417. The van der Waals surface area contributed by atoms with E-state index in [9.17, 15) is 14.7 Å². The summed E-state index contributed by atoms with van der Waals surface area (Å²) in [6.07, 6.45) is 6.05. The van der Waals surface area contributed by atoms with Gasteiger partial charge in [-0.05, 0) is 50.8 Å². The second-order valence-electron chi connectivity index (χ2n) is 9.32. The zero-order chi connectivity index (χ0) is 25.4. The first-order valence-corrected chi connectivity index (χ1v) is 12.2. The Morgan fingerprint density at radius 3 is 2.61 bits per heavy atom. The minimum Gasteiger partial charge on any atom is -0.465 e. The molecule has 0 unspecified atom stereocenters. The van der Waals surface area contributed by atoms with Crippen LogP contribution in [-0.4, -0.2) is 54.2 Å². The van der Waals surface area contributed by atoms with E-state index >= 15 is 0 Å². The van der Waals surface area contributed by atoms with Crippen LogP contribution in [-0.2, 0) is 11.8 Å². The molecule has 3 N–H and O–H groups in total. The molecule has 3 aromatic heterocycles. The fourth-order valence-electron chi connectivity index (χ4n) is 4.48. The lowest BCUT2D eigenvalue weighted by Crippen LogP contribution is -2.46. The summed E-state index contributed by atoms with van der Waals surface area (Å²) in [6.45, 7) is 1.71. The first kappa shape index (κ1) is 24.1. The molecule has 0 aromatic carbocycles. The zero-order valence-electron chi connectivity index (χ0n) is 19.9. The molecule has 11 nitrogen and oxygen atoms in total. The number of pyridine rings is 2. The average molecular weight is 511 g/mol. The summed E-state index contributed by atoms with van der Waals surface area (Å²) in [5, 5.41) is 25.0. The first-order valence-electron chi connectivity index (χ1n) is 11.9. The van der Waals surface area contributed by atoms with E-state index in [1.807, 2.05) is 0 Å². The van der Waals surface area contributed by atoms with Gasteiger partial charge in [0.1, 0.15) is 5.15 Å². The molecular formula is C24H27ClN8O3. The van der Waals surface area contributed by atoms with Gasteiger partial charge in [0.15, 0.2) is 11.5 Å². The van der Waals surface area contributed by atoms with Gasteiger partial charge in [-0.25, -0.2) is 14.5 Å². The minimum absolute atomic E-state index is 0.00238. The van der Waals surface area contributed by atoms with Crippen molar-refractivity contribution in [3.05, 3.63) is 47.4 Å². The number of halogens is 1. The maximum Gasteiger partial charge on any atom is 0.413 e. The Morgan fingerprint density at radius 2 is 1.97 bits per heavy atom. The van der Waals surface area contributed by atoms with E-state index in [1.54, 1.807) is 44.4 Å². The molecule has 0 aliphatic heterocycles. The second kappa shape index (κ2) is 9.82. The zero-order valence-corrected chi connectivity index (χ0v) is 20.7.